The van der Waals surface area contributed by atoms with Gasteiger partial charge in [0.2, 0.25) is 0 Å². The molecule has 6 heteroatoms. The number of benzene rings is 2. The van der Waals surface area contributed by atoms with Crippen LogP contribution in [0.1, 0.15) is 22.3 Å². The molecule has 0 atom stereocenters. The summed E-state index contributed by atoms with van der Waals surface area (Å²) in [5.41, 5.74) is 1.39. The zero-order chi connectivity index (χ0) is 18.9. The lowest BCUT2D eigenvalue weighted by Gasteiger charge is -2.22. The largest absolute Gasteiger partial charge is 0.497 e. The minimum absolute atomic E-state index is 0.107. The minimum atomic E-state index is -0.379. The number of hydrogen-bond acceptors (Lipinski definition) is 4. The summed E-state index contributed by atoms with van der Waals surface area (Å²) in [4.78, 5) is 25.9. The van der Waals surface area contributed by atoms with Gasteiger partial charge in [-0.25, -0.2) is 4.39 Å². The highest BCUT2D eigenvalue weighted by molar-refractivity contribution is 5.94. The van der Waals surface area contributed by atoms with E-state index in [0.717, 1.165) is 5.56 Å². The van der Waals surface area contributed by atoms with E-state index in [1.165, 1.54) is 26.4 Å². The first-order valence-electron chi connectivity index (χ1n) is 8.28. The monoisotopic (exact) mass is 359 g/mol. The normalized spacial score (nSPS) is 10.3. The molecular weight excluding hydrogens is 337 g/mol. The lowest BCUT2D eigenvalue weighted by Crippen LogP contribution is -2.35. The molecule has 0 aromatic heterocycles. The molecule has 0 spiro atoms. The van der Waals surface area contributed by atoms with Gasteiger partial charge in [-0.2, -0.15) is 0 Å². The number of esters is 1. The second-order valence-electron chi connectivity index (χ2n) is 5.73. The van der Waals surface area contributed by atoms with E-state index in [4.69, 9.17) is 4.74 Å². The molecule has 138 valence electrons. The van der Waals surface area contributed by atoms with Crippen LogP contribution in [0.4, 0.5) is 4.39 Å². The van der Waals surface area contributed by atoms with Crippen molar-refractivity contribution in [2.75, 3.05) is 27.3 Å². The topological polar surface area (TPSA) is 55.8 Å². The molecule has 0 fully saturated rings. The molecule has 0 aliphatic heterocycles. The number of halogens is 1. The molecule has 0 bridgehead atoms. The molecule has 1 amide bonds. The minimum Gasteiger partial charge on any atom is -0.497 e. The van der Waals surface area contributed by atoms with E-state index in [9.17, 15) is 14.0 Å². The quantitative estimate of drug-likeness (QED) is 0.680. The Bertz CT molecular complexity index is 746. The van der Waals surface area contributed by atoms with E-state index in [1.807, 2.05) is 0 Å². The highest BCUT2D eigenvalue weighted by Gasteiger charge is 2.18. The zero-order valence-electron chi connectivity index (χ0n) is 14.9. The SMILES string of the molecule is COC(=O)CCN(CCc1ccc(F)cc1)C(=O)c1cccc(OC)c1. The molecule has 0 aliphatic rings. The fourth-order valence-corrected chi connectivity index (χ4v) is 2.50. The molecule has 2 aromatic carbocycles. The Balaban J connectivity index is 2.11. The van der Waals surface area contributed by atoms with Gasteiger partial charge in [-0.15, -0.1) is 0 Å². The number of rotatable bonds is 8. The number of methoxy groups -OCH3 is 2. The summed E-state index contributed by atoms with van der Waals surface area (Å²) in [6, 6.07) is 13.0. The van der Waals surface area contributed by atoms with Crippen molar-refractivity contribution in [3.63, 3.8) is 0 Å². The van der Waals surface area contributed by atoms with Crippen molar-refractivity contribution in [1.29, 1.82) is 0 Å². The summed E-state index contributed by atoms with van der Waals surface area (Å²) < 4.78 is 22.8. The summed E-state index contributed by atoms with van der Waals surface area (Å²) in [7, 11) is 2.85. The third-order valence-electron chi connectivity index (χ3n) is 4.00. The van der Waals surface area contributed by atoms with E-state index in [0.29, 0.717) is 24.3 Å². The summed E-state index contributed by atoms with van der Waals surface area (Å²) >= 11 is 0. The maximum atomic E-state index is 13.0. The van der Waals surface area contributed by atoms with Gasteiger partial charge in [0.25, 0.3) is 5.91 Å². The Kier molecular flexibility index (Phi) is 7.14. The van der Waals surface area contributed by atoms with Crippen molar-refractivity contribution in [1.82, 2.24) is 4.90 Å². The van der Waals surface area contributed by atoms with Gasteiger partial charge in [-0.3, -0.25) is 9.59 Å². The Morgan fingerprint density at radius 2 is 1.77 bits per heavy atom. The van der Waals surface area contributed by atoms with Crippen LogP contribution in [-0.4, -0.2) is 44.1 Å². The van der Waals surface area contributed by atoms with Crippen molar-refractivity contribution >= 4 is 11.9 Å². The Hall–Kier alpha value is -2.89. The first-order chi connectivity index (χ1) is 12.5. The third kappa shape index (κ3) is 5.58. The van der Waals surface area contributed by atoms with E-state index in [2.05, 4.69) is 4.74 Å². The van der Waals surface area contributed by atoms with Crippen LogP contribution in [0.3, 0.4) is 0 Å². The third-order valence-corrected chi connectivity index (χ3v) is 4.00. The predicted octanol–water partition coefficient (Wildman–Crippen LogP) is 3.08. The number of carbonyl (C=O) groups excluding carboxylic acids is 2. The van der Waals surface area contributed by atoms with Crippen molar-refractivity contribution < 1.29 is 23.5 Å². The molecule has 0 radical (unpaired) electrons. The number of amides is 1. The van der Waals surface area contributed by atoms with Crippen LogP contribution in [0.15, 0.2) is 48.5 Å². The molecule has 2 rings (SSSR count). The molecular formula is C20H22FNO4. The van der Waals surface area contributed by atoms with Crippen LogP contribution in [0, 0.1) is 5.82 Å². The van der Waals surface area contributed by atoms with Crippen LogP contribution in [0.25, 0.3) is 0 Å². The molecule has 5 nitrogen and oxygen atoms in total. The molecule has 0 saturated heterocycles. The van der Waals surface area contributed by atoms with Gasteiger partial charge >= 0.3 is 5.97 Å². The van der Waals surface area contributed by atoms with Gasteiger partial charge in [-0.05, 0) is 42.3 Å². The zero-order valence-corrected chi connectivity index (χ0v) is 14.9. The van der Waals surface area contributed by atoms with E-state index >= 15 is 0 Å². The molecule has 0 saturated carbocycles. The fourth-order valence-electron chi connectivity index (χ4n) is 2.50. The Morgan fingerprint density at radius 3 is 2.42 bits per heavy atom. The van der Waals surface area contributed by atoms with Crippen LogP contribution < -0.4 is 4.74 Å². The lowest BCUT2D eigenvalue weighted by atomic mass is 10.1. The maximum Gasteiger partial charge on any atom is 0.307 e. The lowest BCUT2D eigenvalue weighted by molar-refractivity contribution is -0.140. The smallest absolute Gasteiger partial charge is 0.307 e. The molecule has 0 unspecified atom stereocenters. The van der Waals surface area contributed by atoms with Gasteiger partial charge < -0.3 is 14.4 Å². The second kappa shape index (κ2) is 9.56. The number of carbonyl (C=O) groups is 2. The number of hydrogen-bond donors (Lipinski definition) is 0. The average Bonchev–Trinajstić information content (AvgIpc) is 2.68. The van der Waals surface area contributed by atoms with E-state index in [-0.39, 0.29) is 30.7 Å². The highest BCUT2D eigenvalue weighted by Crippen LogP contribution is 2.15. The van der Waals surface area contributed by atoms with Gasteiger partial charge in [0.15, 0.2) is 0 Å². The van der Waals surface area contributed by atoms with Gasteiger partial charge in [-0.1, -0.05) is 18.2 Å². The van der Waals surface area contributed by atoms with Crippen molar-refractivity contribution in [2.45, 2.75) is 12.8 Å². The van der Waals surface area contributed by atoms with Crippen molar-refractivity contribution in [3.8, 4) is 5.75 Å². The fraction of sp³-hybridized carbons (Fsp3) is 0.300. The summed E-state index contributed by atoms with van der Waals surface area (Å²) in [5, 5.41) is 0. The summed E-state index contributed by atoms with van der Waals surface area (Å²) in [5.74, 6) is -0.295. The van der Waals surface area contributed by atoms with Crippen LogP contribution in [-0.2, 0) is 16.0 Å². The Morgan fingerprint density at radius 1 is 1.04 bits per heavy atom. The summed E-state index contributed by atoms with van der Waals surface area (Å²) in [6.45, 7) is 0.641. The van der Waals surface area contributed by atoms with Crippen LogP contribution in [0.5, 0.6) is 5.75 Å². The van der Waals surface area contributed by atoms with Crippen molar-refractivity contribution in [3.05, 3.63) is 65.5 Å². The molecule has 2 aromatic rings. The van der Waals surface area contributed by atoms with Gasteiger partial charge in [0.05, 0.1) is 20.6 Å². The summed E-state index contributed by atoms with van der Waals surface area (Å²) in [6.07, 6.45) is 0.660. The molecule has 0 N–H and O–H groups in total. The predicted molar refractivity (Wildman–Crippen MR) is 95.6 cm³/mol. The van der Waals surface area contributed by atoms with Crippen LogP contribution in [0.2, 0.25) is 0 Å². The van der Waals surface area contributed by atoms with Gasteiger partial charge in [0.1, 0.15) is 11.6 Å². The van der Waals surface area contributed by atoms with E-state index in [1.54, 1.807) is 41.3 Å². The first kappa shape index (κ1) is 19.4. The second-order valence-corrected chi connectivity index (χ2v) is 5.73. The number of nitrogens with zero attached hydrogens (tertiary/aromatic N) is 1. The first-order valence-corrected chi connectivity index (χ1v) is 8.28. The van der Waals surface area contributed by atoms with E-state index < -0.39 is 0 Å². The highest BCUT2D eigenvalue weighted by atomic mass is 19.1. The maximum absolute atomic E-state index is 13.0. The average molecular weight is 359 g/mol. The Labute approximate surface area is 152 Å². The molecule has 0 aliphatic carbocycles. The number of ether oxygens (including phenoxy) is 2. The molecule has 26 heavy (non-hydrogen) atoms. The van der Waals surface area contributed by atoms with Crippen molar-refractivity contribution in [2.24, 2.45) is 0 Å². The van der Waals surface area contributed by atoms with Gasteiger partial charge in [0, 0.05) is 18.7 Å². The molecule has 0 heterocycles. The van der Waals surface area contributed by atoms with Crippen LogP contribution >= 0.6 is 0 Å². The standard InChI is InChI=1S/C20H22FNO4/c1-25-18-5-3-4-16(14-18)20(24)22(13-11-19(23)26-2)12-10-15-6-8-17(21)9-7-15/h3-9,14H,10-13H2,1-2H3.